The fraction of sp³-hybridized carbons (Fsp3) is 0.538. The molecule has 0 fully saturated rings. The second kappa shape index (κ2) is 7.14. The molecule has 0 aliphatic carbocycles. The Labute approximate surface area is 119 Å². The van der Waals surface area contributed by atoms with Crippen molar-refractivity contribution in [2.75, 3.05) is 26.2 Å². The minimum Gasteiger partial charge on any atom is -0.491 e. The number of halogens is 4. The van der Waals surface area contributed by atoms with Crippen LogP contribution in [0.3, 0.4) is 0 Å². The van der Waals surface area contributed by atoms with Crippen LogP contribution >= 0.6 is 15.9 Å². The summed E-state index contributed by atoms with van der Waals surface area (Å²) in [5.41, 5.74) is -0.700. The third-order valence-corrected chi connectivity index (χ3v) is 3.47. The van der Waals surface area contributed by atoms with Gasteiger partial charge in [-0.3, -0.25) is 0 Å². The summed E-state index contributed by atoms with van der Waals surface area (Å²) in [6.07, 6.45) is -4.35. The van der Waals surface area contributed by atoms with Gasteiger partial charge in [-0.05, 0) is 47.2 Å². The Morgan fingerprint density at radius 1 is 1.21 bits per heavy atom. The van der Waals surface area contributed by atoms with E-state index >= 15 is 0 Å². The van der Waals surface area contributed by atoms with E-state index in [2.05, 4.69) is 20.8 Å². The molecule has 0 unspecified atom stereocenters. The van der Waals surface area contributed by atoms with Gasteiger partial charge in [-0.2, -0.15) is 13.2 Å². The highest BCUT2D eigenvalue weighted by molar-refractivity contribution is 9.10. The molecule has 0 N–H and O–H groups in total. The Balaban J connectivity index is 2.67. The second-order valence-electron chi connectivity index (χ2n) is 4.02. The molecule has 1 rings (SSSR count). The zero-order valence-electron chi connectivity index (χ0n) is 10.9. The summed E-state index contributed by atoms with van der Waals surface area (Å²) in [7, 11) is 0. The first-order valence-corrected chi connectivity index (χ1v) is 6.89. The second-order valence-corrected chi connectivity index (χ2v) is 4.87. The number of nitrogens with zero attached hydrogens (tertiary/aromatic N) is 1. The Morgan fingerprint density at radius 2 is 1.84 bits per heavy atom. The van der Waals surface area contributed by atoms with Crippen molar-refractivity contribution in [3.63, 3.8) is 0 Å². The highest BCUT2D eigenvalue weighted by Crippen LogP contribution is 2.34. The summed E-state index contributed by atoms with van der Waals surface area (Å²) in [6.45, 7) is 6.90. The van der Waals surface area contributed by atoms with Gasteiger partial charge < -0.3 is 9.64 Å². The molecule has 0 aliphatic heterocycles. The highest BCUT2D eigenvalue weighted by atomic mass is 79.9. The Bertz CT molecular complexity index is 405. The molecule has 1 aromatic rings. The molecule has 108 valence electrons. The lowest BCUT2D eigenvalue weighted by molar-refractivity contribution is -0.137. The van der Waals surface area contributed by atoms with Gasteiger partial charge in [-0.25, -0.2) is 0 Å². The van der Waals surface area contributed by atoms with E-state index in [4.69, 9.17) is 4.74 Å². The van der Waals surface area contributed by atoms with Gasteiger partial charge in [0.05, 0.1) is 10.0 Å². The summed E-state index contributed by atoms with van der Waals surface area (Å²) >= 11 is 3.19. The van der Waals surface area contributed by atoms with Crippen molar-refractivity contribution in [1.29, 1.82) is 0 Å². The fourth-order valence-electron chi connectivity index (χ4n) is 1.61. The van der Waals surface area contributed by atoms with E-state index in [9.17, 15) is 13.2 Å². The van der Waals surface area contributed by atoms with Crippen LogP contribution in [0.2, 0.25) is 0 Å². The maximum absolute atomic E-state index is 12.6. The van der Waals surface area contributed by atoms with Gasteiger partial charge in [0.15, 0.2) is 0 Å². The van der Waals surface area contributed by atoms with Crippen molar-refractivity contribution in [3.05, 3.63) is 28.2 Å². The minimum absolute atomic E-state index is 0.224. The molecule has 19 heavy (non-hydrogen) atoms. The molecule has 0 radical (unpaired) electrons. The molecule has 0 spiro atoms. The smallest absolute Gasteiger partial charge is 0.416 e. The van der Waals surface area contributed by atoms with E-state index in [1.54, 1.807) is 0 Å². The molecular weight excluding hydrogens is 323 g/mol. The zero-order chi connectivity index (χ0) is 14.5. The molecule has 0 saturated carbocycles. The van der Waals surface area contributed by atoms with Crippen molar-refractivity contribution < 1.29 is 17.9 Å². The Kier molecular flexibility index (Phi) is 6.13. The summed E-state index contributed by atoms with van der Waals surface area (Å²) in [6, 6.07) is 3.41. The predicted octanol–water partition coefficient (Wildman–Crippen LogP) is 4.19. The number of likely N-dealkylation sites (N-methyl/N-ethyl adjacent to an activating group) is 1. The standard InChI is InChI=1S/C13H17BrF3NO/c1-3-18(4-2)7-8-19-12-9-10(13(15,16)17)5-6-11(12)14/h5-6,9H,3-4,7-8H2,1-2H3. The normalized spacial score (nSPS) is 11.9. The summed E-state index contributed by atoms with van der Waals surface area (Å²) in [5, 5.41) is 0. The molecule has 0 aromatic heterocycles. The zero-order valence-corrected chi connectivity index (χ0v) is 12.5. The van der Waals surface area contributed by atoms with Crippen LogP contribution in [0.5, 0.6) is 5.75 Å². The quantitative estimate of drug-likeness (QED) is 0.770. The minimum atomic E-state index is -4.35. The van der Waals surface area contributed by atoms with Crippen molar-refractivity contribution in [3.8, 4) is 5.75 Å². The molecule has 6 heteroatoms. The van der Waals surface area contributed by atoms with Crippen LogP contribution in [-0.2, 0) is 6.18 Å². The molecule has 0 amide bonds. The molecule has 0 bridgehead atoms. The van der Waals surface area contributed by atoms with Crippen LogP contribution in [0.15, 0.2) is 22.7 Å². The first-order chi connectivity index (χ1) is 8.88. The number of hydrogen-bond acceptors (Lipinski definition) is 2. The molecule has 2 nitrogen and oxygen atoms in total. The number of alkyl halides is 3. The van der Waals surface area contributed by atoms with Crippen LogP contribution in [0.1, 0.15) is 19.4 Å². The van der Waals surface area contributed by atoms with Crippen LogP contribution in [0, 0.1) is 0 Å². The van der Waals surface area contributed by atoms with Gasteiger partial charge in [0.25, 0.3) is 0 Å². The van der Waals surface area contributed by atoms with E-state index < -0.39 is 11.7 Å². The third kappa shape index (κ3) is 5.03. The number of ether oxygens (including phenoxy) is 1. The summed E-state index contributed by atoms with van der Waals surface area (Å²) in [4.78, 5) is 2.14. The highest BCUT2D eigenvalue weighted by Gasteiger charge is 2.31. The Morgan fingerprint density at radius 3 is 2.37 bits per heavy atom. The SMILES string of the molecule is CCN(CC)CCOc1cc(C(F)(F)F)ccc1Br. The average molecular weight is 340 g/mol. The summed E-state index contributed by atoms with van der Waals surface area (Å²) in [5.74, 6) is 0.224. The van der Waals surface area contributed by atoms with Crippen LogP contribution in [0.4, 0.5) is 13.2 Å². The lowest BCUT2D eigenvalue weighted by atomic mass is 10.2. The van der Waals surface area contributed by atoms with Gasteiger partial charge in [0, 0.05) is 6.54 Å². The first-order valence-electron chi connectivity index (χ1n) is 6.10. The van der Waals surface area contributed by atoms with Crippen LogP contribution < -0.4 is 4.74 Å². The topological polar surface area (TPSA) is 12.5 Å². The maximum Gasteiger partial charge on any atom is 0.416 e. The van der Waals surface area contributed by atoms with E-state index in [1.807, 2.05) is 13.8 Å². The van der Waals surface area contributed by atoms with Gasteiger partial charge in [-0.1, -0.05) is 13.8 Å². The van der Waals surface area contributed by atoms with Crippen molar-refractivity contribution in [2.24, 2.45) is 0 Å². The monoisotopic (exact) mass is 339 g/mol. The van der Waals surface area contributed by atoms with E-state index in [1.165, 1.54) is 6.07 Å². The number of rotatable bonds is 6. The van der Waals surface area contributed by atoms with E-state index in [-0.39, 0.29) is 5.75 Å². The molecule has 1 aromatic carbocycles. The molecule has 0 heterocycles. The fourth-order valence-corrected chi connectivity index (χ4v) is 1.98. The lowest BCUT2D eigenvalue weighted by Crippen LogP contribution is -2.28. The molecular formula is C13H17BrF3NO. The Hall–Kier alpha value is -0.750. The molecule has 0 saturated heterocycles. The molecule has 0 aliphatic rings. The van der Waals surface area contributed by atoms with E-state index in [0.717, 1.165) is 25.2 Å². The van der Waals surface area contributed by atoms with Gasteiger partial charge in [0.2, 0.25) is 0 Å². The number of benzene rings is 1. The predicted molar refractivity (Wildman–Crippen MR) is 72.4 cm³/mol. The van der Waals surface area contributed by atoms with Crippen molar-refractivity contribution in [2.45, 2.75) is 20.0 Å². The summed E-state index contributed by atoms with van der Waals surface area (Å²) < 4.78 is 43.7. The van der Waals surface area contributed by atoms with Crippen LogP contribution in [0.25, 0.3) is 0 Å². The van der Waals surface area contributed by atoms with Gasteiger partial charge in [0.1, 0.15) is 12.4 Å². The van der Waals surface area contributed by atoms with Crippen molar-refractivity contribution in [1.82, 2.24) is 4.90 Å². The number of hydrogen-bond donors (Lipinski definition) is 0. The first kappa shape index (κ1) is 16.3. The lowest BCUT2D eigenvalue weighted by Gasteiger charge is -2.18. The average Bonchev–Trinajstić information content (AvgIpc) is 2.35. The van der Waals surface area contributed by atoms with Crippen molar-refractivity contribution >= 4 is 15.9 Å². The van der Waals surface area contributed by atoms with Gasteiger partial charge >= 0.3 is 6.18 Å². The van der Waals surface area contributed by atoms with Gasteiger partial charge in [-0.15, -0.1) is 0 Å². The maximum atomic E-state index is 12.6. The molecule has 0 atom stereocenters. The van der Waals surface area contributed by atoms with E-state index in [0.29, 0.717) is 17.6 Å². The largest absolute Gasteiger partial charge is 0.491 e. The van der Waals surface area contributed by atoms with Crippen LogP contribution in [-0.4, -0.2) is 31.1 Å². The third-order valence-electron chi connectivity index (χ3n) is 2.82.